The van der Waals surface area contributed by atoms with Gasteiger partial charge in [0.2, 0.25) is 5.82 Å². The average molecular weight is 404 g/mol. The van der Waals surface area contributed by atoms with Crippen molar-refractivity contribution >= 4 is 5.96 Å². The number of aromatic amines is 1. The average Bonchev–Trinajstić information content (AvgIpc) is 3.55. The second kappa shape index (κ2) is 9.55. The number of benzene rings is 1. The van der Waals surface area contributed by atoms with Gasteiger partial charge in [-0.15, -0.1) is 5.10 Å². The summed E-state index contributed by atoms with van der Waals surface area (Å²) >= 11 is 0. The maximum Gasteiger partial charge on any atom is 0.216 e. The topological polar surface area (TPSA) is 109 Å². The molecule has 0 radical (unpaired) electrons. The maximum absolute atomic E-state index is 5.31. The molecule has 0 saturated heterocycles. The molecule has 9 heteroatoms. The van der Waals surface area contributed by atoms with Gasteiger partial charge in [0.1, 0.15) is 12.4 Å². The first-order valence-electron chi connectivity index (χ1n) is 9.88. The molecule has 0 amide bonds. The highest BCUT2D eigenvalue weighted by atomic mass is 16.3. The number of nitrogens with one attached hydrogen (secondary N) is 3. The van der Waals surface area contributed by atoms with Crippen molar-refractivity contribution in [3.05, 3.63) is 72.5 Å². The molecule has 0 bridgehead atoms. The van der Waals surface area contributed by atoms with Crippen molar-refractivity contribution in [1.82, 2.24) is 35.6 Å². The van der Waals surface area contributed by atoms with Crippen LogP contribution in [0.5, 0.6) is 0 Å². The Morgan fingerprint density at radius 2 is 2.07 bits per heavy atom. The van der Waals surface area contributed by atoms with E-state index in [-0.39, 0.29) is 0 Å². The molecule has 0 fully saturated rings. The van der Waals surface area contributed by atoms with E-state index in [0.29, 0.717) is 24.0 Å². The number of furan rings is 1. The van der Waals surface area contributed by atoms with E-state index in [1.807, 2.05) is 36.0 Å². The van der Waals surface area contributed by atoms with E-state index in [9.17, 15) is 0 Å². The summed E-state index contributed by atoms with van der Waals surface area (Å²) in [5.74, 6) is 2.57. The van der Waals surface area contributed by atoms with Crippen LogP contribution in [0.4, 0.5) is 0 Å². The van der Waals surface area contributed by atoms with E-state index in [1.165, 1.54) is 5.56 Å². The van der Waals surface area contributed by atoms with Gasteiger partial charge in [0.25, 0.3) is 0 Å². The van der Waals surface area contributed by atoms with Gasteiger partial charge in [-0.2, -0.15) is 5.10 Å². The zero-order valence-corrected chi connectivity index (χ0v) is 16.7. The predicted octanol–water partition coefficient (Wildman–Crippen LogP) is 2.55. The minimum absolute atomic E-state index is 0.390. The fourth-order valence-corrected chi connectivity index (χ4v) is 2.94. The van der Waals surface area contributed by atoms with E-state index in [2.05, 4.69) is 60.2 Å². The summed E-state index contributed by atoms with van der Waals surface area (Å²) in [6.07, 6.45) is 6.19. The highest BCUT2D eigenvalue weighted by molar-refractivity contribution is 5.79. The molecule has 3 aromatic heterocycles. The molecule has 0 spiro atoms. The van der Waals surface area contributed by atoms with Crippen LogP contribution in [0.15, 0.2) is 70.5 Å². The number of H-pyrrole nitrogens is 1. The molecular weight excluding hydrogens is 380 g/mol. The predicted molar refractivity (Wildman–Crippen MR) is 114 cm³/mol. The molecule has 9 nitrogen and oxygen atoms in total. The number of guanidine groups is 1. The van der Waals surface area contributed by atoms with Gasteiger partial charge in [0.15, 0.2) is 11.7 Å². The minimum Gasteiger partial charge on any atom is -0.461 e. The maximum atomic E-state index is 5.31. The molecule has 0 aliphatic heterocycles. The van der Waals surface area contributed by atoms with Gasteiger partial charge < -0.3 is 15.1 Å². The van der Waals surface area contributed by atoms with Crippen LogP contribution < -0.4 is 10.6 Å². The van der Waals surface area contributed by atoms with Crippen LogP contribution in [-0.2, 0) is 13.0 Å². The summed E-state index contributed by atoms with van der Waals surface area (Å²) in [5, 5.41) is 17.9. The second-order valence-corrected chi connectivity index (χ2v) is 6.57. The second-order valence-electron chi connectivity index (χ2n) is 6.57. The summed E-state index contributed by atoms with van der Waals surface area (Å²) in [4.78, 5) is 8.99. The third-order valence-corrected chi connectivity index (χ3v) is 4.42. The Morgan fingerprint density at radius 1 is 1.17 bits per heavy atom. The summed E-state index contributed by atoms with van der Waals surface area (Å²) < 4.78 is 7.16. The Labute approximate surface area is 174 Å². The molecule has 0 atom stereocenters. The lowest BCUT2D eigenvalue weighted by Crippen LogP contribution is -2.38. The summed E-state index contributed by atoms with van der Waals surface area (Å²) in [6, 6.07) is 13.9. The van der Waals surface area contributed by atoms with Crippen molar-refractivity contribution in [2.24, 2.45) is 4.99 Å². The Kier molecular flexibility index (Phi) is 6.19. The Bertz CT molecular complexity index is 1050. The molecule has 30 heavy (non-hydrogen) atoms. The van der Waals surface area contributed by atoms with Crippen LogP contribution in [0.1, 0.15) is 18.3 Å². The van der Waals surface area contributed by atoms with Crippen LogP contribution in [0.3, 0.4) is 0 Å². The van der Waals surface area contributed by atoms with E-state index in [4.69, 9.17) is 4.42 Å². The Hall–Kier alpha value is -3.88. The van der Waals surface area contributed by atoms with Crippen molar-refractivity contribution in [2.45, 2.75) is 19.9 Å². The van der Waals surface area contributed by atoms with Gasteiger partial charge in [0.05, 0.1) is 12.0 Å². The standard InChI is InChI=1S/C21H24N8O/c1-2-22-21(24-15-19-26-20(28-27-19)18-5-3-14-30-18)23-12-10-16-6-8-17(9-7-16)29-13-4-11-25-29/h3-9,11,13-14H,2,10,12,15H2,1H3,(H2,22,23,24)(H,26,27,28). The molecule has 0 aliphatic carbocycles. The Morgan fingerprint density at radius 3 is 2.80 bits per heavy atom. The number of aliphatic imine (C=N–C) groups is 1. The Balaban J connectivity index is 1.30. The van der Waals surface area contributed by atoms with Gasteiger partial charge in [0, 0.05) is 25.5 Å². The SMILES string of the molecule is CCNC(=NCc1nc(-c2ccco2)n[nH]1)NCCc1ccc(-n2cccn2)cc1. The van der Waals surface area contributed by atoms with Crippen LogP contribution in [0.2, 0.25) is 0 Å². The van der Waals surface area contributed by atoms with Gasteiger partial charge >= 0.3 is 0 Å². The first-order chi connectivity index (χ1) is 14.8. The molecule has 0 aliphatic rings. The summed E-state index contributed by atoms with van der Waals surface area (Å²) in [7, 11) is 0. The molecule has 3 heterocycles. The van der Waals surface area contributed by atoms with Gasteiger partial charge in [-0.1, -0.05) is 12.1 Å². The smallest absolute Gasteiger partial charge is 0.216 e. The van der Waals surface area contributed by atoms with E-state index in [0.717, 1.165) is 31.2 Å². The lowest BCUT2D eigenvalue weighted by Gasteiger charge is -2.11. The van der Waals surface area contributed by atoms with Crippen molar-refractivity contribution in [3.8, 4) is 17.3 Å². The van der Waals surface area contributed by atoms with E-state index >= 15 is 0 Å². The number of hydrogen-bond donors (Lipinski definition) is 3. The molecule has 0 saturated carbocycles. The lowest BCUT2D eigenvalue weighted by atomic mass is 10.1. The fraction of sp³-hybridized carbons (Fsp3) is 0.238. The zero-order valence-electron chi connectivity index (χ0n) is 16.7. The number of hydrogen-bond acceptors (Lipinski definition) is 5. The fourth-order valence-electron chi connectivity index (χ4n) is 2.94. The van der Waals surface area contributed by atoms with Gasteiger partial charge in [-0.05, 0) is 49.2 Å². The molecule has 154 valence electrons. The van der Waals surface area contributed by atoms with Gasteiger partial charge in [-0.25, -0.2) is 14.7 Å². The molecule has 1 aromatic carbocycles. The monoisotopic (exact) mass is 404 g/mol. The quantitative estimate of drug-likeness (QED) is 0.308. The minimum atomic E-state index is 0.390. The first-order valence-corrected chi connectivity index (χ1v) is 9.88. The third kappa shape index (κ3) is 4.93. The normalized spacial score (nSPS) is 11.6. The van der Waals surface area contributed by atoms with E-state index in [1.54, 1.807) is 12.5 Å². The molecule has 3 N–H and O–H groups in total. The highest BCUT2D eigenvalue weighted by Gasteiger charge is 2.08. The van der Waals surface area contributed by atoms with E-state index < -0.39 is 0 Å². The molecular formula is C21H24N8O. The number of rotatable bonds is 8. The van der Waals surface area contributed by atoms with Crippen LogP contribution in [-0.4, -0.2) is 44.0 Å². The molecule has 0 unspecified atom stereocenters. The van der Waals surface area contributed by atoms with Crippen molar-refractivity contribution in [2.75, 3.05) is 13.1 Å². The van der Waals surface area contributed by atoms with Crippen LogP contribution >= 0.6 is 0 Å². The zero-order chi connectivity index (χ0) is 20.6. The summed E-state index contributed by atoms with van der Waals surface area (Å²) in [6.45, 7) is 3.97. The van der Waals surface area contributed by atoms with Crippen molar-refractivity contribution in [1.29, 1.82) is 0 Å². The molecule has 4 aromatic rings. The largest absolute Gasteiger partial charge is 0.461 e. The number of nitrogens with zero attached hydrogens (tertiary/aromatic N) is 5. The van der Waals surface area contributed by atoms with Crippen LogP contribution in [0, 0.1) is 0 Å². The summed E-state index contributed by atoms with van der Waals surface area (Å²) in [5.41, 5.74) is 2.29. The lowest BCUT2D eigenvalue weighted by molar-refractivity contribution is 0.577. The number of aromatic nitrogens is 5. The van der Waals surface area contributed by atoms with Crippen molar-refractivity contribution in [3.63, 3.8) is 0 Å². The van der Waals surface area contributed by atoms with Crippen molar-refractivity contribution < 1.29 is 4.42 Å². The molecule has 4 rings (SSSR count). The highest BCUT2D eigenvalue weighted by Crippen LogP contribution is 2.14. The van der Waals surface area contributed by atoms with Crippen LogP contribution in [0.25, 0.3) is 17.3 Å². The first kappa shape index (κ1) is 19.4. The van der Waals surface area contributed by atoms with Gasteiger partial charge in [-0.3, -0.25) is 5.10 Å². The third-order valence-electron chi connectivity index (χ3n) is 4.42.